The van der Waals surface area contributed by atoms with Crippen molar-refractivity contribution in [2.45, 2.75) is 19.9 Å². The first-order valence-corrected chi connectivity index (χ1v) is 8.14. The Bertz CT molecular complexity index is 689. The van der Waals surface area contributed by atoms with E-state index in [1.54, 1.807) is 6.07 Å². The molecule has 2 aromatic rings. The molecule has 0 radical (unpaired) electrons. The number of benzene rings is 2. The number of aliphatic imine (C=N–C) groups is 1. The van der Waals surface area contributed by atoms with E-state index in [4.69, 9.17) is 5.73 Å². The maximum atomic E-state index is 11.8. The number of carbonyl (C=O) groups is 1. The molecule has 0 fully saturated rings. The molecule has 5 nitrogen and oxygen atoms in total. The number of hydrogen-bond donors (Lipinski definition) is 3. The number of nitrogens with two attached hydrogens (primary N) is 1. The number of guanidine groups is 1. The van der Waals surface area contributed by atoms with Crippen LogP contribution in [0, 0.1) is 0 Å². The maximum absolute atomic E-state index is 11.8. The van der Waals surface area contributed by atoms with Crippen LogP contribution in [0.4, 0.5) is 0 Å². The highest BCUT2D eigenvalue weighted by atomic mass is 127. The van der Waals surface area contributed by atoms with Crippen LogP contribution in [0.25, 0.3) is 0 Å². The van der Waals surface area contributed by atoms with Crippen molar-refractivity contribution < 1.29 is 4.79 Å². The average Bonchev–Trinajstić information content (AvgIpc) is 2.61. The Balaban J connectivity index is 0.00000312. The molecule has 0 aliphatic rings. The van der Waals surface area contributed by atoms with Gasteiger partial charge in [0.05, 0.1) is 6.54 Å². The van der Waals surface area contributed by atoms with E-state index in [9.17, 15) is 4.79 Å². The van der Waals surface area contributed by atoms with Gasteiger partial charge >= 0.3 is 0 Å². The molecule has 2 aromatic carbocycles. The van der Waals surface area contributed by atoms with E-state index in [0.717, 1.165) is 18.5 Å². The Labute approximate surface area is 166 Å². The zero-order valence-electron chi connectivity index (χ0n) is 14.4. The predicted octanol–water partition coefficient (Wildman–Crippen LogP) is 2.70. The number of nitrogens with one attached hydrogen (secondary N) is 2. The third-order valence-corrected chi connectivity index (χ3v) is 3.52. The van der Waals surface area contributed by atoms with Crippen molar-refractivity contribution in [3.8, 4) is 0 Å². The lowest BCUT2D eigenvalue weighted by Gasteiger charge is -2.07. The van der Waals surface area contributed by atoms with Gasteiger partial charge in [0.1, 0.15) is 0 Å². The Kier molecular flexibility index (Phi) is 9.61. The fraction of sp³-hybridized carbons (Fsp3) is 0.263. The molecule has 0 saturated heterocycles. The summed E-state index contributed by atoms with van der Waals surface area (Å²) in [5.41, 5.74) is 8.74. The molecule has 6 heteroatoms. The van der Waals surface area contributed by atoms with Crippen molar-refractivity contribution in [2.24, 2.45) is 10.7 Å². The fourth-order valence-electron chi connectivity index (χ4n) is 2.29. The number of hydrogen-bond acceptors (Lipinski definition) is 2. The number of carbonyl (C=O) groups excluding carboxylic acids is 1. The number of amides is 1. The number of nitrogens with zero attached hydrogens (tertiary/aromatic N) is 1. The van der Waals surface area contributed by atoms with E-state index >= 15 is 0 Å². The average molecular weight is 452 g/mol. The summed E-state index contributed by atoms with van der Waals surface area (Å²) in [4.78, 5) is 16.2. The van der Waals surface area contributed by atoms with Gasteiger partial charge < -0.3 is 16.4 Å². The van der Waals surface area contributed by atoms with Crippen LogP contribution in [-0.2, 0) is 13.0 Å². The number of rotatable bonds is 7. The quantitative estimate of drug-likeness (QED) is 0.344. The molecular formula is C19H25IN4O. The molecule has 0 aromatic heterocycles. The van der Waals surface area contributed by atoms with Crippen LogP contribution < -0.4 is 16.4 Å². The summed E-state index contributed by atoms with van der Waals surface area (Å²) in [5.74, 6) is 0.339. The minimum Gasteiger partial charge on any atom is -0.370 e. The molecule has 0 unspecified atom stereocenters. The summed E-state index contributed by atoms with van der Waals surface area (Å²) in [6.45, 7) is 3.68. The molecule has 0 heterocycles. The van der Waals surface area contributed by atoms with E-state index in [1.807, 2.05) is 43.3 Å². The van der Waals surface area contributed by atoms with Gasteiger partial charge in [0.15, 0.2) is 5.96 Å². The van der Waals surface area contributed by atoms with Gasteiger partial charge in [-0.1, -0.05) is 42.5 Å². The highest BCUT2D eigenvalue weighted by Crippen LogP contribution is 2.06. The Hall–Kier alpha value is -2.09. The van der Waals surface area contributed by atoms with Crippen LogP contribution in [0.5, 0.6) is 0 Å². The molecule has 0 saturated carbocycles. The second kappa shape index (κ2) is 11.5. The first kappa shape index (κ1) is 21.0. The first-order valence-electron chi connectivity index (χ1n) is 8.14. The Morgan fingerprint density at radius 2 is 1.76 bits per heavy atom. The van der Waals surface area contributed by atoms with Crippen LogP contribution in [0.3, 0.4) is 0 Å². The zero-order chi connectivity index (χ0) is 17.2. The third kappa shape index (κ3) is 7.55. The Morgan fingerprint density at radius 3 is 2.48 bits per heavy atom. The van der Waals surface area contributed by atoms with Crippen molar-refractivity contribution in [1.29, 1.82) is 0 Å². The van der Waals surface area contributed by atoms with Crippen molar-refractivity contribution >= 4 is 35.8 Å². The largest absolute Gasteiger partial charge is 0.370 e. The van der Waals surface area contributed by atoms with Crippen molar-refractivity contribution in [3.05, 3.63) is 71.3 Å². The molecule has 134 valence electrons. The van der Waals surface area contributed by atoms with Crippen LogP contribution in [-0.4, -0.2) is 25.0 Å². The first-order chi connectivity index (χ1) is 11.7. The summed E-state index contributed by atoms with van der Waals surface area (Å²) in [6, 6.07) is 17.6. The molecular weight excluding hydrogens is 427 g/mol. The normalized spacial score (nSPS) is 10.7. The molecule has 0 aliphatic carbocycles. The minimum absolute atomic E-state index is 0. The molecule has 0 atom stereocenters. The fourth-order valence-corrected chi connectivity index (χ4v) is 2.29. The third-order valence-electron chi connectivity index (χ3n) is 3.52. The summed E-state index contributed by atoms with van der Waals surface area (Å²) in [6.07, 6.45) is 0.893. The van der Waals surface area contributed by atoms with Crippen LogP contribution in [0.1, 0.15) is 28.4 Å². The van der Waals surface area contributed by atoms with Gasteiger partial charge in [-0.25, -0.2) is 4.99 Å². The van der Waals surface area contributed by atoms with Gasteiger partial charge in [-0.3, -0.25) is 4.79 Å². The van der Waals surface area contributed by atoms with Crippen LogP contribution in [0.2, 0.25) is 0 Å². The van der Waals surface area contributed by atoms with E-state index in [0.29, 0.717) is 24.6 Å². The van der Waals surface area contributed by atoms with E-state index in [-0.39, 0.29) is 29.9 Å². The summed E-state index contributed by atoms with van der Waals surface area (Å²) >= 11 is 0. The molecule has 0 bridgehead atoms. The van der Waals surface area contributed by atoms with E-state index < -0.39 is 0 Å². The lowest BCUT2D eigenvalue weighted by Crippen LogP contribution is -2.33. The lowest BCUT2D eigenvalue weighted by molar-refractivity contribution is 0.0955. The number of halogens is 1. The lowest BCUT2D eigenvalue weighted by atomic mass is 10.1. The van der Waals surface area contributed by atoms with Gasteiger partial charge in [-0.15, -0.1) is 24.0 Å². The smallest absolute Gasteiger partial charge is 0.251 e. The van der Waals surface area contributed by atoms with Crippen molar-refractivity contribution in [3.63, 3.8) is 0 Å². The topological polar surface area (TPSA) is 79.5 Å². The van der Waals surface area contributed by atoms with Gasteiger partial charge in [0, 0.05) is 18.7 Å². The molecule has 0 aliphatic heterocycles. The zero-order valence-corrected chi connectivity index (χ0v) is 16.7. The van der Waals surface area contributed by atoms with Gasteiger partial charge in [-0.2, -0.15) is 0 Å². The highest BCUT2D eigenvalue weighted by molar-refractivity contribution is 14.0. The SMILES string of the molecule is CCNC(=O)c1cccc(CN=C(N)NCCc2ccccc2)c1.I. The second-order valence-electron chi connectivity index (χ2n) is 5.42. The highest BCUT2D eigenvalue weighted by Gasteiger charge is 2.04. The van der Waals surface area contributed by atoms with Crippen LogP contribution in [0.15, 0.2) is 59.6 Å². The van der Waals surface area contributed by atoms with Crippen molar-refractivity contribution in [2.75, 3.05) is 13.1 Å². The maximum Gasteiger partial charge on any atom is 0.251 e. The summed E-state index contributed by atoms with van der Waals surface area (Å²) in [5, 5.41) is 5.89. The van der Waals surface area contributed by atoms with E-state index in [2.05, 4.69) is 27.8 Å². The summed E-state index contributed by atoms with van der Waals surface area (Å²) in [7, 11) is 0. The summed E-state index contributed by atoms with van der Waals surface area (Å²) < 4.78 is 0. The van der Waals surface area contributed by atoms with Crippen molar-refractivity contribution in [1.82, 2.24) is 10.6 Å². The predicted molar refractivity (Wildman–Crippen MR) is 113 cm³/mol. The molecule has 25 heavy (non-hydrogen) atoms. The van der Waals surface area contributed by atoms with Gasteiger partial charge in [0.2, 0.25) is 0 Å². The molecule has 1 amide bonds. The Morgan fingerprint density at radius 1 is 1.04 bits per heavy atom. The van der Waals surface area contributed by atoms with Gasteiger partial charge in [-0.05, 0) is 36.6 Å². The molecule has 0 spiro atoms. The van der Waals surface area contributed by atoms with E-state index in [1.165, 1.54) is 5.56 Å². The monoisotopic (exact) mass is 452 g/mol. The molecule has 4 N–H and O–H groups in total. The minimum atomic E-state index is -0.0720. The van der Waals surface area contributed by atoms with Crippen LogP contribution >= 0.6 is 24.0 Å². The standard InChI is InChI=1S/C19H24N4O.HI/c1-2-21-18(24)17-10-6-9-16(13-17)14-23-19(20)22-12-11-15-7-4-3-5-8-15;/h3-10,13H,2,11-12,14H2,1H3,(H,21,24)(H3,20,22,23);1H. The molecule has 2 rings (SSSR count). The second-order valence-corrected chi connectivity index (χ2v) is 5.42. The van der Waals surface area contributed by atoms with Gasteiger partial charge in [0.25, 0.3) is 5.91 Å².